The largest absolute Gasteiger partial charge is 0.328 e. The van der Waals surface area contributed by atoms with Crippen LogP contribution >= 0.6 is 11.6 Å². The molecule has 5 heteroatoms. The maximum atomic E-state index is 6.34. The fourth-order valence-electron chi connectivity index (χ4n) is 2.67. The fourth-order valence-corrected chi connectivity index (χ4v) is 2.86. The van der Waals surface area contributed by atoms with Crippen molar-refractivity contribution in [3.63, 3.8) is 0 Å². The summed E-state index contributed by atoms with van der Waals surface area (Å²) in [4.78, 5) is 2.43. The van der Waals surface area contributed by atoms with E-state index in [4.69, 9.17) is 17.3 Å². The average Bonchev–Trinajstić information content (AvgIpc) is 2.89. The van der Waals surface area contributed by atoms with Gasteiger partial charge in [-0.05, 0) is 39.7 Å². The third-order valence-corrected chi connectivity index (χ3v) is 4.37. The Morgan fingerprint density at radius 3 is 2.83 bits per heavy atom. The van der Waals surface area contributed by atoms with Gasteiger partial charge in [0.25, 0.3) is 0 Å². The fraction of sp³-hybridized carbons (Fsp3) is 0.769. The van der Waals surface area contributed by atoms with E-state index >= 15 is 0 Å². The Bertz CT molecular complexity index is 413. The molecule has 2 unspecified atom stereocenters. The van der Waals surface area contributed by atoms with Gasteiger partial charge in [0.05, 0.1) is 16.4 Å². The molecule has 0 saturated carbocycles. The van der Waals surface area contributed by atoms with Gasteiger partial charge >= 0.3 is 0 Å². The van der Waals surface area contributed by atoms with Crippen LogP contribution in [0.3, 0.4) is 0 Å². The van der Waals surface area contributed by atoms with E-state index in [0.29, 0.717) is 5.92 Å². The van der Waals surface area contributed by atoms with Gasteiger partial charge in [-0.15, -0.1) is 0 Å². The first kappa shape index (κ1) is 13.8. The summed E-state index contributed by atoms with van der Waals surface area (Å²) < 4.78 is 2.01. The zero-order valence-electron chi connectivity index (χ0n) is 11.5. The predicted octanol–water partition coefficient (Wildman–Crippen LogP) is 2.03. The summed E-state index contributed by atoms with van der Waals surface area (Å²) >= 11 is 6.34. The van der Waals surface area contributed by atoms with Crippen molar-refractivity contribution in [1.82, 2.24) is 14.7 Å². The molecule has 0 radical (unpaired) electrons. The normalized spacial score (nSPS) is 22.6. The van der Waals surface area contributed by atoms with Crippen LogP contribution in [0.4, 0.5) is 0 Å². The molecule has 102 valence electrons. The molecule has 1 aliphatic rings. The Labute approximate surface area is 114 Å². The Hall–Kier alpha value is -0.580. The number of rotatable bonds is 4. The topological polar surface area (TPSA) is 47.1 Å². The first-order valence-corrected chi connectivity index (χ1v) is 7.10. The van der Waals surface area contributed by atoms with Crippen LogP contribution in [0, 0.1) is 12.8 Å². The smallest absolute Gasteiger partial charge is 0.0860 e. The predicted molar refractivity (Wildman–Crippen MR) is 74.7 cm³/mol. The lowest BCUT2D eigenvalue weighted by molar-refractivity contribution is 0.298. The molecule has 0 bridgehead atoms. The number of hydrogen-bond acceptors (Lipinski definition) is 3. The average molecular weight is 271 g/mol. The van der Waals surface area contributed by atoms with Crippen molar-refractivity contribution in [3.05, 3.63) is 16.4 Å². The Kier molecular flexibility index (Phi) is 4.30. The first-order chi connectivity index (χ1) is 8.52. The highest BCUT2D eigenvalue weighted by Gasteiger charge is 2.26. The van der Waals surface area contributed by atoms with Gasteiger partial charge in [-0.1, -0.05) is 11.6 Å². The van der Waals surface area contributed by atoms with Crippen molar-refractivity contribution < 1.29 is 0 Å². The van der Waals surface area contributed by atoms with E-state index in [2.05, 4.69) is 23.8 Å². The number of likely N-dealkylation sites (tertiary alicyclic amines) is 1. The van der Waals surface area contributed by atoms with Crippen molar-refractivity contribution >= 4 is 11.6 Å². The third-order valence-electron chi connectivity index (χ3n) is 3.88. The van der Waals surface area contributed by atoms with Crippen molar-refractivity contribution in [3.8, 4) is 0 Å². The lowest BCUT2D eigenvalue weighted by atomic mass is 10.0. The van der Waals surface area contributed by atoms with E-state index in [1.165, 1.54) is 6.42 Å². The third kappa shape index (κ3) is 2.71. The molecule has 0 aromatic carbocycles. The minimum Gasteiger partial charge on any atom is -0.328 e. The summed E-state index contributed by atoms with van der Waals surface area (Å²) in [5.41, 5.74) is 8.04. The molecule has 18 heavy (non-hydrogen) atoms. The van der Waals surface area contributed by atoms with Crippen LogP contribution in [0.15, 0.2) is 0 Å². The molecule has 1 fully saturated rings. The standard InChI is InChI=1S/C13H23ClN4/c1-4-18-12(13(14)10(3)16-18)8-17-6-5-11(7-17)9(2)15/h9,11H,4-8,15H2,1-3H3. The Morgan fingerprint density at radius 1 is 1.56 bits per heavy atom. The van der Waals surface area contributed by atoms with Gasteiger partial charge in [0.15, 0.2) is 0 Å². The molecule has 1 aromatic heterocycles. The summed E-state index contributed by atoms with van der Waals surface area (Å²) in [6.45, 7) is 10.1. The molecule has 2 N–H and O–H groups in total. The second kappa shape index (κ2) is 5.59. The lowest BCUT2D eigenvalue weighted by Crippen LogP contribution is -2.30. The monoisotopic (exact) mass is 270 g/mol. The molecule has 2 heterocycles. The number of aromatic nitrogens is 2. The van der Waals surface area contributed by atoms with Gasteiger partial charge in [-0.2, -0.15) is 5.10 Å². The highest BCUT2D eigenvalue weighted by molar-refractivity contribution is 6.31. The molecule has 1 aromatic rings. The van der Waals surface area contributed by atoms with E-state index in [1.54, 1.807) is 0 Å². The van der Waals surface area contributed by atoms with Crippen LogP contribution in [0.5, 0.6) is 0 Å². The van der Waals surface area contributed by atoms with Crippen LogP contribution in [0.25, 0.3) is 0 Å². The van der Waals surface area contributed by atoms with Gasteiger partial charge in [-0.3, -0.25) is 9.58 Å². The minimum atomic E-state index is 0.281. The van der Waals surface area contributed by atoms with Crippen molar-refractivity contribution in [1.29, 1.82) is 0 Å². The summed E-state index contributed by atoms with van der Waals surface area (Å²) in [7, 11) is 0. The van der Waals surface area contributed by atoms with Gasteiger partial charge in [0.1, 0.15) is 0 Å². The quantitative estimate of drug-likeness (QED) is 0.911. The highest BCUT2D eigenvalue weighted by Crippen LogP contribution is 2.25. The van der Waals surface area contributed by atoms with Gasteiger partial charge in [0, 0.05) is 25.7 Å². The van der Waals surface area contributed by atoms with Gasteiger partial charge in [-0.25, -0.2) is 0 Å². The first-order valence-electron chi connectivity index (χ1n) is 6.72. The molecular formula is C13H23ClN4. The van der Waals surface area contributed by atoms with Crippen LogP contribution in [-0.2, 0) is 13.1 Å². The second-order valence-electron chi connectivity index (χ2n) is 5.30. The summed E-state index contributed by atoms with van der Waals surface area (Å²) in [6, 6.07) is 0.281. The summed E-state index contributed by atoms with van der Waals surface area (Å²) in [6.07, 6.45) is 1.19. The van der Waals surface area contributed by atoms with Gasteiger partial charge in [0.2, 0.25) is 0 Å². The highest BCUT2D eigenvalue weighted by atomic mass is 35.5. The Balaban J connectivity index is 2.06. The van der Waals surface area contributed by atoms with Crippen LogP contribution < -0.4 is 5.73 Å². The SMILES string of the molecule is CCn1nc(C)c(Cl)c1CN1CCC(C(C)N)C1. The zero-order chi connectivity index (χ0) is 13.3. The van der Waals surface area contributed by atoms with Gasteiger partial charge < -0.3 is 5.73 Å². The molecule has 1 saturated heterocycles. The molecule has 4 nitrogen and oxygen atoms in total. The maximum Gasteiger partial charge on any atom is 0.0860 e. The number of aryl methyl sites for hydroxylation is 2. The number of halogens is 1. The molecule has 0 spiro atoms. The maximum absolute atomic E-state index is 6.34. The minimum absolute atomic E-state index is 0.281. The van der Waals surface area contributed by atoms with Crippen LogP contribution in [-0.4, -0.2) is 33.8 Å². The van der Waals surface area contributed by atoms with E-state index in [9.17, 15) is 0 Å². The number of nitrogens with zero attached hydrogens (tertiary/aromatic N) is 3. The molecule has 0 amide bonds. The van der Waals surface area contributed by atoms with E-state index < -0.39 is 0 Å². The van der Waals surface area contributed by atoms with Crippen molar-refractivity contribution in [2.24, 2.45) is 11.7 Å². The summed E-state index contributed by atoms with van der Waals surface area (Å²) in [5, 5.41) is 5.28. The van der Waals surface area contributed by atoms with E-state index in [1.807, 2.05) is 11.6 Å². The second-order valence-corrected chi connectivity index (χ2v) is 5.68. The molecule has 1 aliphatic heterocycles. The van der Waals surface area contributed by atoms with Crippen LogP contribution in [0.1, 0.15) is 31.7 Å². The van der Waals surface area contributed by atoms with E-state index in [-0.39, 0.29) is 6.04 Å². The number of hydrogen-bond donors (Lipinski definition) is 1. The molecular weight excluding hydrogens is 248 g/mol. The van der Waals surface area contributed by atoms with Crippen molar-refractivity contribution in [2.75, 3.05) is 13.1 Å². The number of nitrogens with two attached hydrogens (primary N) is 1. The van der Waals surface area contributed by atoms with Crippen molar-refractivity contribution in [2.45, 2.75) is 46.3 Å². The van der Waals surface area contributed by atoms with E-state index in [0.717, 1.165) is 42.6 Å². The van der Waals surface area contributed by atoms with Crippen LogP contribution in [0.2, 0.25) is 5.02 Å². The summed E-state index contributed by atoms with van der Waals surface area (Å²) in [5.74, 6) is 0.614. The lowest BCUT2D eigenvalue weighted by Gasteiger charge is -2.18. The molecule has 2 rings (SSSR count). The molecule has 2 atom stereocenters. The Morgan fingerprint density at radius 2 is 2.28 bits per heavy atom. The zero-order valence-corrected chi connectivity index (χ0v) is 12.2. The molecule has 0 aliphatic carbocycles.